The van der Waals surface area contributed by atoms with E-state index >= 15 is 0 Å². The molecule has 120 valence electrons. The molecule has 1 N–H and O–H groups in total. The third-order valence-electron chi connectivity index (χ3n) is 3.17. The monoisotopic (exact) mass is 373 g/mol. The third-order valence-corrected chi connectivity index (χ3v) is 7.27. The van der Waals surface area contributed by atoms with Gasteiger partial charge in [0, 0.05) is 19.6 Å². The predicted octanol–water partition coefficient (Wildman–Crippen LogP) is 0.746. The van der Waals surface area contributed by atoms with Gasteiger partial charge in [-0.3, -0.25) is 0 Å². The summed E-state index contributed by atoms with van der Waals surface area (Å²) in [5.74, 6) is -0.0355. The molecule has 0 aromatic carbocycles. The Hall–Kier alpha value is -0.260. The molecule has 0 radical (unpaired) electrons. The number of hydrogen-bond acceptors (Lipinski definition) is 6. The summed E-state index contributed by atoms with van der Waals surface area (Å²) in [5, 5.41) is 0. The second-order valence-electron chi connectivity index (χ2n) is 4.92. The van der Waals surface area contributed by atoms with Gasteiger partial charge in [-0.2, -0.15) is 4.31 Å². The molecule has 0 amide bonds. The van der Waals surface area contributed by atoms with Crippen LogP contribution in [-0.4, -0.2) is 52.0 Å². The van der Waals surface area contributed by atoms with Gasteiger partial charge in [-0.25, -0.2) is 26.5 Å². The van der Waals surface area contributed by atoms with E-state index < -0.39 is 20.0 Å². The van der Waals surface area contributed by atoms with Crippen LogP contribution in [0.2, 0.25) is 4.47 Å². The second kappa shape index (κ2) is 6.47. The number of nitrogens with zero attached hydrogens (tertiary/aromatic N) is 2. The number of hydrogen-bond donors (Lipinski definition) is 1. The summed E-state index contributed by atoms with van der Waals surface area (Å²) < 4.78 is 51.2. The molecule has 1 saturated heterocycles. The van der Waals surface area contributed by atoms with Crippen molar-refractivity contribution in [3.63, 3.8) is 0 Å². The van der Waals surface area contributed by atoms with Crippen molar-refractivity contribution in [3.8, 4) is 0 Å². The summed E-state index contributed by atoms with van der Waals surface area (Å²) >= 11 is 6.60. The Morgan fingerprint density at radius 1 is 1.48 bits per heavy atom. The van der Waals surface area contributed by atoms with Gasteiger partial charge in [-0.1, -0.05) is 22.9 Å². The van der Waals surface area contributed by atoms with Crippen LogP contribution in [0.4, 0.5) is 0 Å². The van der Waals surface area contributed by atoms with Crippen LogP contribution < -0.4 is 4.72 Å². The first-order valence-corrected chi connectivity index (χ1v) is 10.8. The fourth-order valence-corrected chi connectivity index (χ4v) is 5.71. The molecule has 1 atom stereocenters. The zero-order chi connectivity index (χ0) is 15.7. The molecule has 2 rings (SSSR count). The molecule has 0 spiro atoms. The zero-order valence-corrected chi connectivity index (χ0v) is 14.5. The van der Waals surface area contributed by atoms with Crippen LogP contribution in [-0.2, 0) is 20.0 Å². The summed E-state index contributed by atoms with van der Waals surface area (Å²) in [4.78, 5) is 3.75. The van der Waals surface area contributed by atoms with Gasteiger partial charge < -0.3 is 0 Å². The summed E-state index contributed by atoms with van der Waals surface area (Å²) in [7, 11) is -6.87. The number of aromatic nitrogens is 1. The number of sulfonamides is 2. The van der Waals surface area contributed by atoms with Crippen LogP contribution in [0.3, 0.4) is 0 Å². The maximum absolute atomic E-state index is 12.4. The van der Waals surface area contributed by atoms with Crippen molar-refractivity contribution in [1.29, 1.82) is 0 Å². The second-order valence-corrected chi connectivity index (χ2v) is 10.5. The Morgan fingerprint density at radius 3 is 2.76 bits per heavy atom. The number of nitrogens with one attached hydrogen (secondary N) is 1. The normalized spacial score (nSPS) is 21.5. The Bertz CT molecular complexity index is 701. The van der Waals surface area contributed by atoms with Gasteiger partial charge in [0.15, 0.2) is 8.68 Å². The highest BCUT2D eigenvalue weighted by atomic mass is 35.5. The Balaban J connectivity index is 2.07. The van der Waals surface area contributed by atoms with Gasteiger partial charge in [-0.15, -0.1) is 0 Å². The van der Waals surface area contributed by atoms with E-state index in [4.69, 9.17) is 11.6 Å². The molecule has 0 saturated carbocycles. The Morgan fingerprint density at radius 2 is 2.19 bits per heavy atom. The summed E-state index contributed by atoms with van der Waals surface area (Å²) in [6, 6.07) is 0. The van der Waals surface area contributed by atoms with Crippen molar-refractivity contribution >= 4 is 43.0 Å². The van der Waals surface area contributed by atoms with Crippen molar-refractivity contribution in [2.75, 3.05) is 25.9 Å². The molecule has 1 aromatic heterocycles. The lowest BCUT2D eigenvalue weighted by Crippen LogP contribution is -2.43. The van der Waals surface area contributed by atoms with Gasteiger partial charge in [0.25, 0.3) is 10.0 Å². The Kier molecular flexibility index (Phi) is 5.27. The van der Waals surface area contributed by atoms with Crippen LogP contribution in [0.25, 0.3) is 0 Å². The average molecular weight is 374 g/mol. The molecule has 1 unspecified atom stereocenters. The lowest BCUT2D eigenvalue weighted by molar-refractivity contribution is 0.267. The largest absolute Gasteiger partial charge is 0.254 e. The van der Waals surface area contributed by atoms with Crippen molar-refractivity contribution in [2.45, 2.75) is 17.1 Å². The van der Waals surface area contributed by atoms with Crippen LogP contribution in [0.1, 0.15) is 12.8 Å². The van der Waals surface area contributed by atoms with Crippen LogP contribution >= 0.6 is 22.9 Å². The molecular weight excluding hydrogens is 358 g/mol. The highest BCUT2D eigenvalue weighted by molar-refractivity contribution is 7.91. The molecule has 7 nitrogen and oxygen atoms in total. The minimum absolute atomic E-state index is 0.0355. The standard InChI is InChI=1S/C10H16ClN3O4S3/c1-20(15,16)13-5-8-3-2-4-14(7-8)21(17,18)9-6-12-10(11)19-9/h6,8,13H,2-5,7H2,1H3. The first kappa shape index (κ1) is 17.1. The van der Waals surface area contributed by atoms with E-state index in [-0.39, 0.29) is 21.1 Å². The van der Waals surface area contributed by atoms with Gasteiger partial charge in [-0.05, 0) is 18.8 Å². The number of halogens is 1. The molecule has 1 fully saturated rings. The van der Waals surface area contributed by atoms with E-state index in [0.29, 0.717) is 19.5 Å². The fraction of sp³-hybridized carbons (Fsp3) is 0.700. The number of rotatable bonds is 5. The van der Waals surface area contributed by atoms with Crippen molar-refractivity contribution < 1.29 is 16.8 Å². The van der Waals surface area contributed by atoms with E-state index in [9.17, 15) is 16.8 Å². The van der Waals surface area contributed by atoms with Crippen molar-refractivity contribution in [3.05, 3.63) is 10.7 Å². The van der Waals surface area contributed by atoms with Gasteiger partial charge in [0.05, 0.1) is 12.5 Å². The molecule has 2 heterocycles. The molecular formula is C10H16ClN3O4S3. The molecule has 1 aliphatic heterocycles. The lowest BCUT2D eigenvalue weighted by atomic mass is 10.0. The smallest absolute Gasteiger partial charge is 0.232 e. The molecule has 1 aromatic rings. The van der Waals surface area contributed by atoms with Gasteiger partial charge in [0.2, 0.25) is 10.0 Å². The molecule has 0 aliphatic carbocycles. The number of thiazole rings is 1. The topological polar surface area (TPSA) is 96.4 Å². The molecule has 1 aliphatic rings. The number of piperidine rings is 1. The highest BCUT2D eigenvalue weighted by Crippen LogP contribution is 2.28. The molecule has 0 bridgehead atoms. The first-order valence-electron chi connectivity index (χ1n) is 6.24. The van der Waals surface area contributed by atoms with Crippen LogP contribution in [0.5, 0.6) is 0 Å². The first-order chi connectivity index (χ1) is 9.68. The summed E-state index contributed by atoms with van der Waals surface area (Å²) in [5.41, 5.74) is 0. The van der Waals surface area contributed by atoms with Crippen molar-refractivity contribution in [2.24, 2.45) is 5.92 Å². The maximum atomic E-state index is 12.4. The summed E-state index contributed by atoms with van der Waals surface area (Å²) in [6.07, 6.45) is 3.82. The van der Waals surface area contributed by atoms with Crippen LogP contribution in [0, 0.1) is 5.92 Å². The van der Waals surface area contributed by atoms with Gasteiger partial charge >= 0.3 is 0 Å². The van der Waals surface area contributed by atoms with E-state index in [1.54, 1.807) is 0 Å². The van der Waals surface area contributed by atoms with E-state index in [2.05, 4.69) is 9.71 Å². The van der Waals surface area contributed by atoms with E-state index in [1.807, 2.05) is 0 Å². The molecule has 21 heavy (non-hydrogen) atoms. The Labute approximate surface area is 133 Å². The molecule has 11 heteroatoms. The minimum Gasteiger partial charge on any atom is -0.232 e. The van der Waals surface area contributed by atoms with E-state index in [1.165, 1.54) is 10.5 Å². The average Bonchev–Trinajstić information content (AvgIpc) is 2.83. The van der Waals surface area contributed by atoms with Crippen molar-refractivity contribution in [1.82, 2.24) is 14.0 Å². The quantitative estimate of drug-likeness (QED) is 0.821. The van der Waals surface area contributed by atoms with Crippen LogP contribution in [0.15, 0.2) is 10.4 Å². The van der Waals surface area contributed by atoms with E-state index in [0.717, 1.165) is 24.0 Å². The predicted molar refractivity (Wildman–Crippen MR) is 81.5 cm³/mol. The fourth-order valence-electron chi connectivity index (χ4n) is 2.17. The minimum atomic E-state index is -3.60. The van der Waals surface area contributed by atoms with Gasteiger partial charge in [0.1, 0.15) is 0 Å². The summed E-state index contributed by atoms with van der Waals surface area (Å²) in [6.45, 7) is 0.960. The zero-order valence-electron chi connectivity index (χ0n) is 11.3. The lowest BCUT2D eigenvalue weighted by Gasteiger charge is -2.31. The highest BCUT2D eigenvalue weighted by Gasteiger charge is 2.31. The third kappa shape index (κ3) is 4.60. The maximum Gasteiger partial charge on any atom is 0.254 e. The SMILES string of the molecule is CS(=O)(=O)NCC1CCCN(S(=O)(=O)c2cnc(Cl)s2)C1.